The molecule has 0 bridgehead atoms. The molecule has 2 aromatic heterocycles. The molecule has 6 heteroatoms. The fourth-order valence-electron chi connectivity index (χ4n) is 7.30. The van der Waals surface area contributed by atoms with Gasteiger partial charge >= 0.3 is 0 Å². The largest absolute Gasteiger partial charge is 0.208 e. The average molecular weight is 743 g/mol. The number of benzene rings is 8. The highest BCUT2D eigenvalue weighted by Gasteiger charge is 2.16. The Kier molecular flexibility index (Phi) is 9.10. The summed E-state index contributed by atoms with van der Waals surface area (Å²) in [6.07, 6.45) is 0. The molecule has 0 unspecified atom stereocenters. The molecule has 0 amide bonds. The molecule has 272 valence electrons. The van der Waals surface area contributed by atoms with E-state index in [1.807, 2.05) is 121 Å². The van der Waals surface area contributed by atoms with Gasteiger partial charge in [0.15, 0.2) is 34.9 Å². The van der Waals surface area contributed by atoms with Crippen molar-refractivity contribution in [1.82, 2.24) is 29.9 Å². The Morgan fingerprint density at radius 2 is 0.431 bits per heavy atom. The van der Waals surface area contributed by atoms with Crippen LogP contribution in [0.25, 0.3) is 101 Å². The molecule has 0 fully saturated rings. The number of hydrogen-bond donors (Lipinski definition) is 0. The Morgan fingerprint density at radius 3 is 0.707 bits per heavy atom. The summed E-state index contributed by atoms with van der Waals surface area (Å²) < 4.78 is 0. The van der Waals surface area contributed by atoms with Gasteiger partial charge in [0.05, 0.1) is 0 Å². The molecule has 10 aromatic rings. The lowest BCUT2D eigenvalue weighted by atomic mass is 9.91. The summed E-state index contributed by atoms with van der Waals surface area (Å²) in [6, 6.07) is 70.3. The normalized spacial score (nSPS) is 11.1. The molecule has 0 saturated carbocycles. The average Bonchev–Trinajstić information content (AvgIpc) is 3.32. The van der Waals surface area contributed by atoms with Crippen LogP contribution in [0.4, 0.5) is 0 Å². The van der Waals surface area contributed by atoms with Crippen molar-refractivity contribution in [3.63, 3.8) is 0 Å². The van der Waals surface area contributed by atoms with Crippen LogP contribution in [0, 0.1) is 0 Å². The van der Waals surface area contributed by atoms with E-state index in [1.54, 1.807) is 0 Å². The molecule has 2 heterocycles. The predicted octanol–water partition coefficient (Wildman–Crippen LogP) is 12.5. The Hall–Kier alpha value is -7.96. The highest BCUT2D eigenvalue weighted by molar-refractivity contribution is 6.06. The number of hydrogen-bond acceptors (Lipinski definition) is 6. The molecule has 6 nitrogen and oxygen atoms in total. The lowest BCUT2D eigenvalue weighted by Gasteiger charge is -2.14. The van der Waals surface area contributed by atoms with Crippen molar-refractivity contribution in [3.05, 3.63) is 206 Å². The Labute approximate surface area is 336 Å². The first kappa shape index (κ1) is 34.5. The molecule has 0 aliphatic heterocycles. The topological polar surface area (TPSA) is 77.3 Å². The van der Waals surface area contributed by atoms with E-state index in [2.05, 4.69) is 84.9 Å². The third-order valence-corrected chi connectivity index (χ3v) is 10.2. The van der Waals surface area contributed by atoms with Gasteiger partial charge in [-0.05, 0) is 33.0 Å². The van der Waals surface area contributed by atoms with Crippen LogP contribution < -0.4 is 0 Å². The number of nitrogens with zero attached hydrogens (tertiary/aromatic N) is 6. The summed E-state index contributed by atoms with van der Waals surface area (Å²) in [5.74, 6) is 3.82. The van der Waals surface area contributed by atoms with Crippen LogP contribution in [0.15, 0.2) is 206 Å². The SMILES string of the molecule is c1ccc(-c2nc(-c3ccccc3)nc(-c3ccc(-c4cccc5cccc(-c6ccc(-c7nc(-c8ccccc8)nc(-c8ccccc8)n7)cc6)c45)cc3)n2)cc1. The van der Waals surface area contributed by atoms with Crippen molar-refractivity contribution in [1.29, 1.82) is 0 Å². The van der Waals surface area contributed by atoms with E-state index in [9.17, 15) is 0 Å². The molecule has 0 aliphatic carbocycles. The van der Waals surface area contributed by atoms with Crippen LogP contribution in [0.2, 0.25) is 0 Å². The van der Waals surface area contributed by atoms with Gasteiger partial charge in [0.2, 0.25) is 0 Å². The van der Waals surface area contributed by atoms with Crippen LogP contribution in [0.5, 0.6) is 0 Å². The van der Waals surface area contributed by atoms with Crippen LogP contribution in [-0.4, -0.2) is 29.9 Å². The highest BCUT2D eigenvalue weighted by atomic mass is 15.0. The van der Waals surface area contributed by atoms with Crippen molar-refractivity contribution in [2.45, 2.75) is 0 Å². The molecule has 0 radical (unpaired) electrons. The molecular formula is C52H34N6. The van der Waals surface area contributed by atoms with Crippen LogP contribution in [0.1, 0.15) is 0 Å². The summed E-state index contributed by atoms with van der Waals surface area (Å²) in [6.45, 7) is 0. The van der Waals surface area contributed by atoms with E-state index in [4.69, 9.17) is 29.9 Å². The van der Waals surface area contributed by atoms with E-state index in [0.717, 1.165) is 61.0 Å². The fourth-order valence-corrected chi connectivity index (χ4v) is 7.30. The second-order valence-electron chi connectivity index (χ2n) is 13.9. The van der Waals surface area contributed by atoms with E-state index in [0.29, 0.717) is 34.9 Å². The van der Waals surface area contributed by atoms with E-state index < -0.39 is 0 Å². The zero-order valence-corrected chi connectivity index (χ0v) is 31.3. The summed E-state index contributed by atoms with van der Waals surface area (Å²) in [5, 5.41) is 2.35. The van der Waals surface area contributed by atoms with Gasteiger partial charge in [-0.1, -0.05) is 206 Å². The second-order valence-corrected chi connectivity index (χ2v) is 13.9. The minimum atomic E-state index is 0.628. The molecule has 8 aromatic carbocycles. The van der Waals surface area contributed by atoms with Crippen molar-refractivity contribution >= 4 is 10.8 Å². The van der Waals surface area contributed by atoms with Crippen molar-refractivity contribution in [3.8, 4) is 90.6 Å². The first-order valence-electron chi connectivity index (χ1n) is 19.2. The third kappa shape index (κ3) is 6.91. The maximum atomic E-state index is 4.94. The van der Waals surface area contributed by atoms with Gasteiger partial charge in [-0.15, -0.1) is 0 Å². The number of rotatable bonds is 8. The van der Waals surface area contributed by atoms with Gasteiger partial charge in [-0.2, -0.15) is 0 Å². The summed E-state index contributed by atoms with van der Waals surface area (Å²) >= 11 is 0. The monoisotopic (exact) mass is 742 g/mol. The second kappa shape index (κ2) is 15.3. The minimum absolute atomic E-state index is 0.628. The smallest absolute Gasteiger partial charge is 0.164 e. The highest BCUT2D eigenvalue weighted by Crippen LogP contribution is 2.38. The van der Waals surface area contributed by atoms with E-state index >= 15 is 0 Å². The number of fused-ring (bicyclic) bond motifs is 1. The summed E-state index contributed by atoms with van der Waals surface area (Å²) in [5.41, 5.74) is 10.1. The van der Waals surface area contributed by atoms with Crippen molar-refractivity contribution in [2.24, 2.45) is 0 Å². The fraction of sp³-hybridized carbons (Fsp3) is 0. The van der Waals surface area contributed by atoms with Crippen LogP contribution in [0.3, 0.4) is 0 Å². The summed E-state index contributed by atoms with van der Waals surface area (Å²) in [4.78, 5) is 29.5. The Bertz CT molecular complexity index is 2690. The van der Waals surface area contributed by atoms with E-state index in [-0.39, 0.29) is 0 Å². The molecule has 58 heavy (non-hydrogen) atoms. The summed E-state index contributed by atoms with van der Waals surface area (Å²) in [7, 11) is 0. The van der Waals surface area contributed by atoms with Gasteiger partial charge < -0.3 is 0 Å². The van der Waals surface area contributed by atoms with Crippen molar-refractivity contribution in [2.75, 3.05) is 0 Å². The zero-order chi connectivity index (χ0) is 38.7. The molecular weight excluding hydrogens is 709 g/mol. The van der Waals surface area contributed by atoms with Gasteiger partial charge in [0.1, 0.15) is 0 Å². The minimum Gasteiger partial charge on any atom is -0.208 e. The van der Waals surface area contributed by atoms with Gasteiger partial charge in [-0.25, -0.2) is 29.9 Å². The van der Waals surface area contributed by atoms with Crippen LogP contribution in [-0.2, 0) is 0 Å². The molecule has 0 saturated heterocycles. The van der Waals surface area contributed by atoms with Gasteiger partial charge in [0.25, 0.3) is 0 Å². The molecule has 0 spiro atoms. The number of aromatic nitrogens is 6. The first-order valence-corrected chi connectivity index (χ1v) is 19.2. The Balaban J connectivity index is 1.01. The van der Waals surface area contributed by atoms with E-state index in [1.165, 1.54) is 5.39 Å². The van der Waals surface area contributed by atoms with Gasteiger partial charge in [-0.3, -0.25) is 0 Å². The van der Waals surface area contributed by atoms with Crippen molar-refractivity contribution < 1.29 is 0 Å². The first-order chi connectivity index (χ1) is 28.7. The maximum absolute atomic E-state index is 4.94. The predicted molar refractivity (Wildman–Crippen MR) is 234 cm³/mol. The van der Waals surface area contributed by atoms with Crippen LogP contribution >= 0.6 is 0 Å². The molecule has 0 atom stereocenters. The Morgan fingerprint density at radius 1 is 0.190 bits per heavy atom. The standard InChI is InChI=1S/C52H34N6/c1-5-15-38(16-6-1)47-53-48(39-17-7-2-8-18-39)56-51(55-47)42-31-27-35(28-32-42)44-25-13-23-37-24-14-26-45(46(37)44)36-29-33-43(34-30-36)52-57-49(40-19-9-3-10-20-40)54-50(58-52)41-21-11-4-12-22-41/h1-34H. The molecule has 10 rings (SSSR count). The lowest BCUT2D eigenvalue weighted by Crippen LogP contribution is -2.00. The third-order valence-electron chi connectivity index (χ3n) is 10.2. The molecule has 0 aliphatic rings. The maximum Gasteiger partial charge on any atom is 0.164 e. The zero-order valence-electron chi connectivity index (χ0n) is 31.3. The quantitative estimate of drug-likeness (QED) is 0.154. The lowest BCUT2D eigenvalue weighted by molar-refractivity contribution is 1.07. The van der Waals surface area contributed by atoms with Gasteiger partial charge in [0, 0.05) is 33.4 Å². The molecule has 0 N–H and O–H groups in total.